The van der Waals surface area contributed by atoms with Gasteiger partial charge in [0.2, 0.25) is 0 Å². The number of carbonyl (C=O) groups is 1. The van der Waals surface area contributed by atoms with Gasteiger partial charge in [-0.1, -0.05) is 40.0 Å². The van der Waals surface area contributed by atoms with Crippen molar-refractivity contribution < 1.29 is 4.79 Å². The van der Waals surface area contributed by atoms with Gasteiger partial charge in [-0.3, -0.25) is 9.79 Å². The number of unbranched alkanes of at least 4 members (excludes halogenated alkanes) is 1. The van der Waals surface area contributed by atoms with Crippen LogP contribution in [0.2, 0.25) is 0 Å². The first kappa shape index (κ1) is 15.5. The first-order valence-electron chi connectivity index (χ1n) is 8.31. The van der Waals surface area contributed by atoms with Crippen molar-refractivity contribution in [3.63, 3.8) is 0 Å². The summed E-state index contributed by atoms with van der Waals surface area (Å²) in [5.41, 5.74) is 2.79. The molecular weight excluding hydrogens is 246 g/mol. The molecule has 0 aromatic heterocycles. The Hall–Kier alpha value is -0.920. The second kappa shape index (κ2) is 6.69. The summed E-state index contributed by atoms with van der Waals surface area (Å²) in [5.74, 6) is 1.94. The standard InChI is InChI=1S/C18H29NO/c1-5-6-7-14-8-9-15-16(11-19-17(15)10-14)18(12(2)3)13(4)20/h11-12,14,16,18H,5-10H2,1-4H3/t14-,16?,18?/m1/s1. The molecule has 2 nitrogen and oxygen atoms in total. The second-order valence-corrected chi connectivity index (χ2v) is 6.91. The van der Waals surface area contributed by atoms with E-state index in [0.29, 0.717) is 11.7 Å². The number of hydrogen-bond acceptors (Lipinski definition) is 2. The molecule has 0 spiro atoms. The molecule has 0 bridgehead atoms. The molecule has 0 saturated heterocycles. The Labute approximate surface area is 123 Å². The highest BCUT2D eigenvalue weighted by atomic mass is 16.1. The van der Waals surface area contributed by atoms with Crippen molar-refractivity contribution in [3.05, 3.63) is 11.3 Å². The van der Waals surface area contributed by atoms with Gasteiger partial charge in [-0.15, -0.1) is 0 Å². The number of Topliss-reactive ketones (excluding diaryl/α,β-unsaturated/α-hetero) is 1. The molecule has 0 radical (unpaired) electrons. The van der Waals surface area contributed by atoms with Crippen molar-refractivity contribution in [2.75, 3.05) is 0 Å². The molecule has 0 aromatic rings. The predicted molar refractivity (Wildman–Crippen MR) is 84.9 cm³/mol. The minimum atomic E-state index is 0.124. The van der Waals surface area contributed by atoms with E-state index in [2.05, 4.69) is 32.0 Å². The summed E-state index contributed by atoms with van der Waals surface area (Å²) >= 11 is 0. The van der Waals surface area contributed by atoms with Gasteiger partial charge in [-0.05, 0) is 43.6 Å². The predicted octanol–water partition coefficient (Wildman–Crippen LogP) is 4.79. The van der Waals surface area contributed by atoms with Crippen LogP contribution in [0.3, 0.4) is 0 Å². The van der Waals surface area contributed by atoms with Gasteiger partial charge in [0.1, 0.15) is 5.78 Å². The molecule has 0 saturated carbocycles. The summed E-state index contributed by atoms with van der Waals surface area (Å²) in [4.78, 5) is 16.7. The highest BCUT2D eigenvalue weighted by Gasteiger charge is 2.36. The number of ketones is 1. The summed E-state index contributed by atoms with van der Waals surface area (Å²) < 4.78 is 0. The molecule has 0 fully saturated rings. The van der Waals surface area contributed by atoms with Crippen molar-refractivity contribution >= 4 is 12.0 Å². The number of nitrogens with zero attached hydrogens (tertiary/aromatic N) is 1. The summed E-state index contributed by atoms with van der Waals surface area (Å²) in [6.07, 6.45) is 9.63. The molecule has 0 amide bonds. The van der Waals surface area contributed by atoms with E-state index < -0.39 is 0 Å². The lowest BCUT2D eigenvalue weighted by Gasteiger charge is -2.29. The Morgan fingerprint density at radius 1 is 1.45 bits per heavy atom. The van der Waals surface area contributed by atoms with Gasteiger partial charge in [-0.25, -0.2) is 0 Å². The van der Waals surface area contributed by atoms with E-state index in [1.165, 1.54) is 37.0 Å². The fourth-order valence-corrected chi connectivity index (χ4v) is 3.95. The molecular formula is C18H29NO. The zero-order chi connectivity index (χ0) is 14.7. The first-order chi connectivity index (χ1) is 9.54. The minimum Gasteiger partial charge on any atom is -0.300 e. The molecule has 0 aromatic carbocycles. The van der Waals surface area contributed by atoms with Crippen LogP contribution in [-0.4, -0.2) is 12.0 Å². The van der Waals surface area contributed by atoms with E-state index >= 15 is 0 Å². The lowest BCUT2D eigenvalue weighted by atomic mass is 9.73. The van der Waals surface area contributed by atoms with E-state index in [0.717, 1.165) is 18.8 Å². The van der Waals surface area contributed by atoms with E-state index in [1.54, 1.807) is 6.92 Å². The maximum atomic E-state index is 12.0. The smallest absolute Gasteiger partial charge is 0.134 e. The normalized spacial score (nSPS) is 27.1. The van der Waals surface area contributed by atoms with Crippen molar-refractivity contribution in [2.45, 2.75) is 66.2 Å². The van der Waals surface area contributed by atoms with Crippen molar-refractivity contribution in [2.24, 2.45) is 28.7 Å². The van der Waals surface area contributed by atoms with Gasteiger partial charge < -0.3 is 0 Å². The van der Waals surface area contributed by atoms with Gasteiger partial charge in [-0.2, -0.15) is 0 Å². The summed E-state index contributed by atoms with van der Waals surface area (Å²) in [5, 5.41) is 0. The van der Waals surface area contributed by atoms with Crippen LogP contribution in [0, 0.1) is 23.7 Å². The summed E-state index contributed by atoms with van der Waals surface area (Å²) in [6, 6.07) is 0. The Bertz CT molecular complexity index is 419. The highest BCUT2D eigenvalue weighted by Crippen LogP contribution is 2.42. The molecule has 2 rings (SSSR count). The average Bonchev–Trinajstić information content (AvgIpc) is 2.79. The third-order valence-electron chi connectivity index (χ3n) is 5.01. The molecule has 2 aliphatic rings. The average molecular weight is 275 g/mol. The zero-order valence-corrected chi connectivity index (χ0v) is 13.5. The van der Waals surface area contributed by atoms with Gasteiger partial charge in [0.05, 0.1) is 0 Å². The molecule has 0 N–H and O–H groups in total. The topological polar surface area (TPSA) is 29.4 Å². The Balaban J connectivity index is 2.09. The van der Waals surface area contributed by atoms with Crippen LogP contribution in [0.4, 0.5) is 0 Å². The van der Waals surface area contributed by atoms with Gasteiger partial charge in [0.25, 0.3) is 0 Å². The van der Waals surface area contributed by atoms with Crippen molar-refractivity contribution in [3.8, 4) is 0 Å². The van der Waals surface area contributed by atoms with E-state index in [1.807, 2.05) is 0 Å². The third kappa shape index (κ3) is 3.21. The monoisotopic (exact) mass is 275 g/mol. The fraction of sp³-hybridized carbons (Fsp3) is 0.778. The summed E-state index contributed by atoms with van der Waals surface area (Å²) in [6.45, 7) is 8.32. The molecule has 112 valence electrons. The Morgan fingerprint density at radius 2 is 2.20 bits per heavy atom. The van der Waals surface area contributed by atoms with Crippen LogP contribution in [0.1, 0.15) is 66.2 Å². The van der Waals surface area contributed by atoms with Crippen LogP contribution in [0.5, 0.6) is 0 Å². The van der Waals surface area contributed by atoms with E-state index in [4.69, 9.17) is 0 Å². The van der Waals surface area contributed by atoms with Crippen LogP contribution in [-0.2, 0) is 4.79 Å². The van der Waals surface area contributed by atoms with Crippen LogP contribution in [0.15, 0.2) is 16.3 Å². The maximum absolute atomic E-state index is 12.0. The highest BCUT2D eigenvalue weighted by molar-refractivity contribution is 5.85. The number of hydrogen-bond donors (Lipinski definition) is 0. The maximum Gasteiger partial charge on any atom is 0.134 e. The Kier molecular flexibility index (Phi) is 5.17. The third-order valence-corrected chi connectivity index (χ3v) is 5.01. The number of allylic oxidation sites excluding steroid dienone is 2. The number of carbonyl (C=O) groups excluding carboxylic acids is 1. The first-order valence-corrected chi connectivity index (χ1v) is 8.31. The molecule has 1 aliphatic carbocycles. The zero-order valence-electron chi connectivity index (χ0n) is 13.5. The van der Waals surface area contributed by atoms with E-state index in [-0.39, 0.29) is 11.8 Å². The number of aliphatic imine (C=N–C) groups is 1. The van der Waals surface area contributed by atoms with Crippen LogP contribution in [0.25, 0.3) is 0 Å². The van der Waals surface area contributed by atoms with Crippen molar-refractivity contribution in [1.82, 2.24) is 0 Å². The molecule has 2 heteroatoms. The molecule has 1 aliphatic heterocycles. The quantitative estimate of drug-likeness (QED) is 0.685. The minimum absolute atomic E-state index is 0.124. The van der Waals surface area contributed by atoms with Crippen molar-refractivity contribution in [1.29, 1.82) is 0 Å². The van der Waals surface area contributed by atoms with E-state index in [9.17, 15) is 4.79 Å². The second-order valence-electron chi connectivity index (χ2n) is 6.91. The van der Waals surface area contributed by atoms with Gasteiger partial charge in [0, 0.05) is 23.7 Å². The SMILES string of the molecule is CCCC[C@@H]1CCC2=C(C1)N=CC2C(C(C)=O)C(C)C. The van der Waals surface area contributed by atoms with Crippen LogP contribution < -0.4 is 0 Å². The lowest BCUT2D eigenvalue weighted by Crippen LogP contribution is -2.29. The molecule has 20 heavy (non-hydrogen) atoms. The molecule has 1 heterocycles. The van der Waals surface area contributed by atoms with Gasteiger partial charge in [0.15, 0.2) is 0 Å². The van der Waals surface area contributed by atoms with Crippen LogP contribution >= 0.6 is 0 Å². The van der Waals surface area contributed by atoms with Gasteiger partial charge >= 0.3 is 0 Å². The summed E-state index contributed by atoms with van der Waals surface area (Å²) in [7, 11) is 0. The number of rotatable bonds is 6. The molecule has 3 atom stereocenters. The largest absolute Gasteiger partial charge is 0.300 e. The Morgan fingerprint density at radius 3 is 2.80 bits per heavy atom. The lowest BCUT2D eigenvalue weighted by molar-refractivity contribution is -0.122. The fourth-order valence-electron chi connectivity index (χ4n) is 3.95. The molecule has 2 unspecified atom stereocenters.